The number of nitrogens with zero attached hydrogens (tertiary/aromatic N) is 4. The highest BCUT2D eigenvalue weighted by atomic mass is 15.1. The number of nitrogens with two attached hydrogens (primary N) is 1. The lowest BCUT2D eigenvalue weighted by Crippen LogP contribution is -2.36. The zero-order valence-electron chi connectivity index (χ0n) is 14.3. The molecule has 1 aromatic carbocycles. The first kappa shape index (κ1) is 16.0. The number of rotatable bonds is 4. The zero-order chi connectivity index (χ0) is 17.1. The molecule has 0 bridgehead atoms. The molecule has 128 valence electrons. The topological polar surface area (TPSA) is 67.9 Å². The smallest absolute Gasteiger partial charge is 0.145 e. The van der Waals surface area contributed by atoms with Crippen molar-refractivity contribution >= 4 is 16.7 Å². The largest absolute Gasteiger partial charge is 0.382 e. The van der Waals surface area contributed by atoms with Gasteiger partial charge in [-0.1, -0.05) is 12.1 Å². The third-order valence-corrected chi connectivity index (χ3v) is 4.97. The van der Waals surface area contributed by atoms with E-state index in [1.807, 2.05) is 12.3 Å². The fourth-order valence-electron chi connectivity index (χ4n) is 3.75. The van der Waals surface area contributed by atoms with E-state index in [1.54, 1.807) is 12.4 Å². The van der Waals surface area contributed by atoms with Gasteiger partial charge in [0.15, 0.2) is 0 Å². The summed E-state index contributed by atoms with van der Waals surface area (Å²) in [6.07, 6.45) is 8.59. The van der Waals surface area contributed by atoms with E-state index in [0.717, 1.165) is 37.3 Å². The summed E-state index contributed by atoms with van der Waals surface area (Å²) in [7, 11) is 0. The number of piperidine rings is 1. The molecule has 0 amide bonds. The quantitative estimate of drug-likeness (QED) is 0.795. The van der Waals surface area contributed by atoms with Gasteiger partial charge in [-0.2, -0.15) is 0 Å². The fourth-order valence-corrected chi connectivity index (χ4v) is 3.75. The molecule has 5 heteroatoms. The van der Waals surface area contributed by atoms with Gasteiger partial charge in [0.05, 0.1) is 11.2 Å². The van der Waals surface area contributed by atoms with Crippen LogP contribution in [0, 0.1) is 5.92 Å². The lowest BCUT2D eigenvalue weighted by atomic mass is 9.93. The van der Waals surface area contributed by atoms with E-state index in [4.69, 9.17) is 5.73 Å². The number of nitrogen functional groups attached to an aromatic ring is 1. The van der Waals surface area contributed by atoms with E-state index in [1.165, 1.54) is 23.8 Å². The molecule has 0 spiro atoms. The summed E-state index contributed by atoms with van der Waals surface area (Å²) in [5.41, 5.74) is 9.30. The molecular formula is C20H23N5. The van der Waals surface area contributed by atoms with Crippen LogP contribution in [0.4, 0.5) is 5.82 Å². The number of likely N-dealkylation sites (tertiary alicyclic amines) is 1. The van der Waals surface area contributed by atoms with Crippen LogP contribution in [-0.4, -0.2) is 32.9 Å². The SMILES string of the molecule is Nc1nccnc1C[C@@H]1CCCN(Cc2ccc3ncccc3c2)C1. The Labute approximate surface area is 147 Å². The second-order valence-corrected chi connectivity index (χ2v) is 6.87. The van der Waals surface area contributed by atoms with Crippen LogP contribution in [0.2, 0.25) is 0 Å². The molecule has 25 heavy (non-hydrogen) atoms. The van der Waals surface area contributed by atoms with Gasteiger partial charge in [0.1, 0.15) is 5.82 Å². The zero-order valence-corrected chi connectivity index (χ0v) is 14.3. The molecule has 5 nitrogen and oxygen atoms in total. The summed E-state index contributed by atoms with van der Waals surface area (Å²) < 4.78 is 0. The molecule has 3 aromatic rings. The first-order chi connectivity index (χ1) is 12.3. The van der Waals surface area contributed by atoms with Crippen LogP contribution in [0.15, 0.2) is 48.9 Å². The summed E-state index contributed by atoms with van der Waals surface area (Å²) in [5, 5.41) is 1.21. The number of anilines is 1. The molecule has 0 unspecified atom stereocenters. The van der Waals surface area contributed by atoms with Gasteiger partial charge in [0.25, 0.3) is 0 Å². The molecular weight excluding hydrogens is 310 g/mol. The Morgan fingerprint density at radius 3 is 2.92 bits per heavy atom. The maximum Gasteiger partial charge on any atom is 0.145 e. The van der Waals surface area contributed by atoms with Crippen molar-refractivity contribution in [2.24, 2.45) is 5.92 Å². The summed E-state index contributed by atoms with van der Waals surface area (Å²) in [5.74, 6) is 1.16. The van der Waals surface area contributed by atoms with Crippen LogP contribution >= 0.6 is 0 Å². The van der Waals surface area contributed by atoms with Gasteiger partial charge in [-0.3, -0.25) is 14.9 Å². The Morgan fingerprint density at radius 2 is 2.00 bits per heavy atom. The Bertz CT molecular complexity index is 863. The van der Waals surface area contributed by atoms with Crippen molar-refractivity contribution in [1.82, 2.24) is 19.9 Å². The third kappa shape index (κ3) is 3.77. The van der Waals surface area contributed by atoms with Crippen LogP contribution in [-0.2, 0) is 13.0 Å². The van der Waals surface area contributed by atoms with E-state index in [-0.39, 0.29) is 0 Å². The molecule has 0 saturated carbocycles. The maximum absolute atomic E-state index is 5.96. The van der Waals surface area contributed by atoms with Gasteiger partial charge in [0, 0.05) is 37.1 Å². The lowest BCUT2D eigenvalue weighted by Gasteiger charge is -2.32. The molecule has 0 aliphatic carbocycles. The molecule has 1 fully saturated rings. The van der Waals surface area contributed by atoms with Gasteiger partial charge in [0.2, 0.25) is 0 Å². The number of fused-ring (bicyclic) bond motifs is 1. The van der Waals surface area contributed by atoms with Crippen molar-refractivity contribution in [2.45, 2.75) is 25.8 Å². The average molecular weight is 333 g/mol. The minimum absolute atomic E-state index is 0.571. The molecule has 4 rings (SSSR count). The van der Waals surface area contributed by atoms with E-state index in [0.29, 0.717) is 11.7 Å². The second kappa shape index (κ2) is 7.15. The highest BCUT2D eigenvalue weighted by molar-refractivity contribution is 5.78. The molecule has 1 aliphatic heterocycles. The van der Waals surface area contributed by atoms with Crippen LogP contribution < -0.4 is 5.73 Å². The van der Waals surface area contributed by atoms with E-state index < -0.39 is 0 Å². The maximum atomic E-state index is 5.96. The highest BCUT2D eigenvalue weighted by Gasteiger charge is 2.21. The van der Waals surface area contributed by atoms with E-state index in [2.05, 4.69) is 44.1 Å². The van der Waals surface area contributed by atoms with Gasteiger partial charge in [-0.25, -0.2) is 4.98 Å². The number of hydrogen-bond acceptors (Lipinski definition) is 5. The molecule has 2 aromatic heterocycles. The summed E-state index contributed by atoms with van der Waals surface area (Å²) in [6.45, 7) is 3.22. The van der Waals surface area contributed by atoms with E-state index >= 15 is 0 Å². The van der Waals surface area contributed by atoms with Crippen LogP contribution in [0.5, 0.6) is 0 Å². The first-order valence-electron chi connectivity index (χ1n) is 8.89. The fraction of sp³-hybridized carbons (Fsp3) is 0.350. The third-order valence-electron chi connectivity index (χ3n) is 4.97. The normalized spacial score (nSPS) is 18.5. The van der Waals surface area contributed by atoms with Crippen molar-refractivity contribution in [3.63, 3.8) is 0 Å². The summed E-state index contributed by atoms with van der Waals surface area (Å²) in [4.78, 5) is 15.5. The molecule has 0 radical (unpaired) electrons. The van der Waals surface area contributed by atoms with Gasteiger partial charge in [-0.15, -0.1) is 0 Å². The van der Waals surface area contributed by atoms with Crippen molar-refractivity contribution in [1.29, 1.82) is 0 Å². The van der Waals surface area contributed by atoms with E-state index in [9.17, 15) is 0 Å². The second-order valence-electron chi connectivity index (χ2n) is 6.87. The molecule has 1 aliphatic rings. The summed E-state index contributed by atoms with van der Waals surface area (Å²) >= 11 is 0. The van der Waals surface area contributed by atoms with Crippen molar-refractivity contribution in [3.05, 3.63) is 60.2 Å². The van der Waals surface area contributed by atoms with Gasteiger partial charge < -0.3 is 5.73 Å². The van der Waals surface area contributed by atoms with Crippen LogP contribution in [0.25, 0.3) is 10.9 Å². The lowest BCUT2D eigenvalue weighted by molar-refractivity contribution is 0.166. The van der Waals surface area contributed by atoms with Crippen molar-refractivity contribution < 1.29 is 0 Å². The van der Waals surface area contributed by atoms with Crippen LogP contribution in [0.3, 0.4) is 0 Å². The minimum atomic E-state index is 0.571. The first-order valence-corrected chi connectivity index (χ1v) is 8.89. The van der Waals surface area contributed by atoms with Crippen LogP contribution in [0.1, 0.15) is 24.1 Å². The summed E-state index contributed by atoms with van der Waals surface area (Å²) in [6, 6.07) is 10.7. The number of benzene rings is 1. The van der Waals surface area contributed by atoms with Crippen molar-refractivity contribution in [3.8, 4) is 0 Å². The molecule has 1 saturated heterocycles. The highest BCUT2D eigenvalue weighted by Crippen LogP contribution is 2.23. The standard InChI is InChI=1S/C20H23N5/c21-20-19(23-8-9-24-20)12-15-3-2-10-25(13-15)14-16-5-6-18-17(11-16)4-1-7-22-18/h1,4-9,11,15H,2-3,10,12-14H2,(H2,21,24)/t15-/m0/s1. The Kier molecular flexibility index (Phi) is 4.57. The monoisotopic (exact) mass is 333 g/mol. The Hall–Kier alpha value is -2.53. The minimum Gasteiger partial charge on any atom is -0.382 e. The molecule has 3 heterocycles. The predicted octanol–water partition coefficient (Wildman–Crippen LogP) is 3.06. The number of pyridine rings is 1. The number of hydrogen-bond donors (Lipinski definition) is 1. The Balaban J connectivity index is 1.43. The van der Waals surface area contributed by atoms with Gasteiger partial charge >= 0.3 is 0 Å². The Morgan fingerprint density at radius 1 is 1.08 bits per heavy atom. The average Bonchev–Trinajstić information content (AvgIpc) is 2.64. The number of aromatic nitrogens is 3. The molecule has 2 N–H and O–H groups in total. The predicted molar refractivity (Wildman–Crippen MR) is 99.9 cm³/mol. The molecule has 1 atom stereocenters. The van der Waals surface area contributed by atoms with Gasteiger partial charge in [-0.05, 0) is 55.5 Å². The van der Waals surface area contributed by atoms with Crippen molar-refractivity contribution in [2.75, 3.05) is 18.8 Å².